The summed E-state index contributed by atoms with van der Waals surface area (Å²) in [6.45, 7) is 2.12. The molecule has 2 aromatic rings. The van der Waals surface area contributed by atoms with Crippen LogP contribution in [-0.4, -0.2) is 6.26 Å². The number of hydrogen-bond donors (Lipinski definition) is 0. The fraction of sp³-hybridized carbons (Fsp3) is 0.200. The fourth-order valence-electron chi connectivity index (χ4n) is 1.25. The van der Waals surface area contributed by atoms with Gasteiger partial charge in [0.05, 0.1) is 4.21 Å². The predicted octanol–water partition coefficient (Wildman–Crippen LogP) is 4.69. The summed E-state index contributed by atoms with van der Waals surface area (Å²) >= 11 is 7.21. The molecule has 0 aliphatic heterocycles. The third kappa shape index (κ3) is 1.78. The van der Waals surface area contributed by atoms with Crippen LogP contribution in [-0.2, 0) is 0 Å². The van der Waals surface area contributed by atoms with Crippen molar-refractivity contribution in [2.24, 2.45) is 0 Å². The van der Waals surface area contributed by atoms with E-state index in [-0.39, 0.29) is 0 Å². The second-order valence-corrected chi connectivity index (χ2v) is 5.95. The summed E-state index contributed by atoms with van der Waals surface area (Å²) in [5.41, 5.74) is 1.30. The molecule has 0 amide bonds. The zero-order chi connectivity index (χ0) is 9.42. The van der Waals surface area contributed by atoms with E-state index in [9.17, 15) is 0 Å². The molecule has 0 N–H and O–H groups in total. The number of benzene rings is 1. The summed E-state index contributed by atoms with van der Waals surface area (Å²) in [7, 11) is 0. The first-order chi connectivity index (χ1) is 6.20. The topological polar surface area (TPSA) is 0 Å². The molecule has 3 heteroatoms. The van der Waals surface area contributed by atoms with E-state index in [2.05, 4.69) is 47.3 Å². The van der Waals surface area contributed by atoms with Gasteiger partial charge in [-0.2, -0.15) is 0 Å². The van der Waals surface area contributed by atoms with Crippen molar-refractivity contribution in [3.8, 4) is 0 Å². The summed E-state index contributed by atoms with van der Waals surface area (Å²) in [6.07, 6.45) is 2.12. The maximum atomic E-state index is 3.55. The molecule has 0 spiro atoms. The lowest BCUT2D eigenvalue weighted by Crippen LogP contribution is -1.72. The molecule has 0 atom stereocenters. The van der Waals surface area contributed by atoms with Crippen molar-refractivity contribution < 1.29 is 0 Å². The summed E-state index contributed by atoms with van der Waals surface area (Å²) < 4.78 is 3.95. The molecular weight excluding hydrogens is 264 g/mol. The Morgan fingerprint density at radius 1 is 1.31 bits per heavy atom. The van der Waals surface area contributed by atoms with Gasteiger partial charge in [0.2, 0.25) is 0 Å². The van der Waals surface area contributed by atoms with Crippen molar-refractivity contribution in [3.05, 3.63) is 28.2 Å². The van der Waals surface area contributed by atoms with Gasteiger partial charge >= 0.3 is 0 Å². The van der Waals surface area contributed by atoms with Gasteiger partial charge in [0.1, 0.15) is 0 Å². The van der Waals surface area contributed by atoms with Crippen molar-refractivity contribution in [1.82, 2.24) is 0 Å². The van der Waals surface area contributed by atoms with Crippen LogP contribution >= 0.6 is 39.0 Å². The van der Waals surface area contributed by atoms with Crippen molar-refractivity contribution in [1.29, 1.82) is 0 Å². The molecule has 68 valence electrons. The molecule has 0 aliphatic carbocycles. The van der Waals surface area contributed by atoms with E-state index in [0.29, 0.717) is 0 Å². The normalized spacial score (nSPS) is 11.0. The SMILES string of the molecule is CSc1cc2cc(C)c(Br)cc2s1. The molecule has 0 fully saturated rings. The lowest BCUT2D eigenvalue weighted by Gasteiger charge is -1.96. The van der Waals surface area contributed by atoms with Crippen LogP contribution in [0, 0.1) is 6.92 Å². The highest BCUT2D eigenvalue weighted by Crippen LogP contribution is 2.34. The van der Waals surface area contributed by atoms with Crippen LogP contribution in [0.1, 0.15) is 5.56 Å². The highest BCUT2D eigenvalue weighted by Gasteiger charge is 2.03. The fourth-order valence-corrected chi connectivity index (χ4v) is 3.41. The van der Waals surface area contributed by atoms with Gasteiger partial charge < -0.3 is 0 Å². The first-order valence-electron chi connectivity index (χ1n) is 3.94. The van der Waals surface area contributed by atoms with E-state index in [0.717, 1.165) is 0 Å². The quantitative estimate of drug-likeness (QED) is 0.679. The summed E-state index contributed by atoms with van der Waals surface area (Å²) in [6, 6.07) is 6.69. The highest BCUT2D eigenvalue weighted by atomic mass is 79.9. The number of aryl methyl sites for hydroxylation is 1. The Labute approximate surface area is 94.5 Å². The van der Waals surface area contributed by atoms with Crippen molar-refractivity contribution in [2.75, 3.05) is 6.26 Å². The van der Waals surface area contributed by atoms with Crippen LogP contribution in [0.25, 0.3) is 10.1 Å². The number of thioether (sulfide) groups is 1. The minimum absolute atomic E-state index is 1.20. The van der Waals surface area contributed by atoms with E-state index >= 15 is 0 Å². The first kappa shape index (κ1) is 9.56. The van der Waals surface area contributed by atoms with E-state index in [1.165, 1.54) is 24.3 Å². The zero-order valence-corrected chi connectivity index (χ0v) is 10.6. The van der Waals surface area contributed by atoms with Crippen LogP contribution in [0.15, 0.2) is 26.9 Å². The smallest absolute Gasteiger partial charge is 0.0608 e. The molecule has 13 heavy (non-hydrogen) atoms. The lowest BCUT2D eigenvalue weighted by molar-refractivity contribution is 1.47. The second kappa shape index (κ2) is 3.64. The second-order valence-electron chi connectivity index (χ2n) is 2.91. The Morgan fingerprint density at radius 2 is 2.08 bits per heavy atom. The molecule has 1 aromatic heterocycles. The third-order valence-corrected chi connectivity index (χ3v) is 4.99. The Kier molecular flexibility index (Phi) is 2.67. The van der Waals surface area contributed by atoms with Crippen molar-refractivity contribution >= 4 is 49.1 Å². The largest absolute Gasteiger partial charge is 0.129 e. The van der Waals surface area contributed by atoms with Gasteiger partial charge in [-0.25, -0.2) is 0 Å². The Bertz CT molecular complexity index is 406. The average molecular weight is 273 g/mol. The van der Waals surface area contributed by atoms with Gasteiger partial charge in [-0.05, 0) is 42.3 Å². The molecule has 1 heterocycles. The van der Waals surface area contributed by atoms with E-state index in [4.69, 9.17) is 0 Å². The molecule has 0 saturated carbocycles. The maximum absolute atomic E-state index is 3.55. The number of rotatable bonds is 1. The molecule has 0 unspecified atom stereocenters. The Hall–Kier alpha value is 0.01000. The number of fused-ring (bicyclic) bond motifs is 1. The van der Waals surface area contributed by atoms with Crippen LogP contribution in [0.3, 0.4) is 0 Å². The summed E-state index contributed by atoms with van der Waals surface area (Å²) in [5.74, 6) is 0. The van der Waals surface area contributed by atoms with Crippen LogP contribution < -0.4 is 0 Å². The maximum Gasteiger partial charge on any atom is 0.0608 e. The number of hydrogen-bond acceptors (Lipinski definition) is 2. The molecule has 1 aromatic carbocycles. The minimum atomic E-state index is 1.20. The van der Waals surface area contributed by atoms with Crippen LogP contribution in [0.2, 0.25) is 0 Å². The number of thiophene rings is 1. The number of halogens is 1. The van der Waals surface area contributed by atoms with Crippen LogP contribution in [0.4, 0.5) is 0 Å². The summed E-state index contributed by atoms with van der Waals surface area (Å²) in [4.78, 5) is 0. The highest BCUT2D eigenvalue weighted by molar-refractivity contribution is 9.10. The van der Waals surface area contributed by atoms with Gasteiger partial charge in [0, 0.05) is 9.17 Å². The monoisotopic (exact) mass is 272 g/mol. The predicted molar refractivity (Wildman–Crippen MR) is 66.0 cm³/mol. The molecule has 0 bridgehead atoms. The van der Waals surface area contributed by atoms with Crippen LogP contribution in [0.5, 0.6) is 0 Å². The standard InChI is InChI=1S/C10H9BrS2/c1-6-3-7-4-10(12-2)13-9(7)5-8(6)11/h3-5H,1-2H3. The Balaban J connectivity index is 2.70. The molecular formula is C10H9BrS2. The van der Waals surface area contributed by atoms with Gasteiger partial charge in [-0.3, -0.25) is 0 Å². The molecule has 2 rings (SSSR count). The van der Waals surface area contributed by atoms with E-state index in [1.807, 2.05) is 23.1 Å². The first-order valence-corrected chi connectivity index (χ1v) is 6.78. The van der Waals surface area contributed by atoms with E-state index < -0.39 is 0 Å². The molecule has 0 nitrogen and oxygen atoms in total. The molecule has 0 aliphatic rings. The summed E-state index contributed by atoms with van der Waals surface area (Å²) in [5, 5.41) is 1.36. The van der Waals surface area contributed by atoms with E-state index in [1.54, 1.807) is 0 Å². The van der Waals surface area contributed by atoms with Gasteiger partial charge in [-0.1, -0.05) is 15.9 Å². The van der Waals surface area contributed by atoms with Gasteiger partial charge in [-0.15, -0.1) is 23.1 Å². The molecule has 0 radical (unpaired) electrons. The average Bonchev–Trinajstić information content (AvgIpc) is 2.48. The third-order valence-electron chi connectivity index (χ3n) is 1.98. The minimum Gasteiger partial charge on any atom is -0.129 e. The van der Waals surface area contributed by atoms with Gasteiger partial charge in [0.25, 0.3) is 0 Å². The lowest BCUT2D eigenvalue weighted by atomic mass is 10.2. The van der Waals surface area contributed by atoms with Crippen molar-refractivity contribution in [2.45, 2.75) is 11.1 Å². The van der Waals surface area contributed by atoms with Gasteiger partial charge in [0.15, 0.2) is 0 Å². The van der Waals surface area contributed by atoms with Crippen molar-refractivity contribution in [3.63, 3.8) is 0 Å². The Morgan fingerprint density at radius 3 is 2.77 bits per heavy atom. The molecule has 0 saturated heterocycles. The zero-order valence-electron chi connectivity index (χ0n) is 7.43.